The SMILES string of the molecule is Cc1nn(C)c2ccc(-c3cnc4ccc(NC5CCOCC5)nn34)cc12. The molecule has 138 valence electrons. The van der Waals surface area contributed by atoms with Gasteiger partial charge in [-0.1, -0.05) is 6.07 Å². The lowest BCUT2D eigenvalue weighted by molar-refractivity contribution is 0.0903. The number of fused-ring (bicyclic) bond motifs is 2. The van der Waals surface area contributed by atoms with Crippen molar-refractivity contribution >= 4 is 22.4 Å². The summed E-state index contributed by atoms with van der Waals surface area (Å²) in [5, 5.41) is 14.0. The molecule has 1 fully saturated rings. The number of hydrogen-bond acceptors (Lipinski definition) is 5. The van der Waals surface area contributed by atoms with Gasteiger partial charge in [0.1, 0.15) is 5.82 Å². The Morgan fingerprint density at radius 2 is 1.96 bits per heavy atom. The van der Waals surface area contributed by atoms with Crippen molar-refractivity contribution in [3.8, 4) is 11.3 Å². The summed E-state index contributed by atoms with van der Waals surface area (Å²) in [6, 6.07) is 10.8. The van der Waals surface area contributed by atoms with Crippen LogP contribution in [0.1, 0.15) is 18.5 Å². The summed E-state index contributed by atoms with van der Waals surface area (Å²) in [6.45, 7) is 3.65. The van der Waals surface area contributed by atoms with Crippen molar-refractivity contribution < 1.29 is 4.74 Å². The maximum absolute atomic E-state index is 5.44. The number of nitrogens with one attached hydrogen (secondary N) is 1. The fraction of sp³-hybridized carbons (Fsp3) is 0.350. The van der Waals surface area contributed by atoms with E-state index in [-0.39, 0.29) is 0 Å². The summed E-state index contributed by atoms with van der Waals surface area (Å²) < 4.78 is 9.26. The molecule has 1 aromatic carbocycles. The van der Waals surface area contributed by atoms with E-state index in [2.05, 4.69) is 33.6 Å². The Morgan fingerprint density at radius 3 is 2.81 bits per heavy atom. The topological polar surface area (TPSA) is 69.3 Å². The van der Waals surface area contributed by atoms with Crippen LogP contribution in [0.4, 0.5) is 5.82 Å². The van der Waals surface area contributed by atoms with E-state index in [1.165, 1.54) is 0 Å². The maximum Gasteiger partial charge on any atom is 0.154 e. The fourth-order valence-electron chi connectivity index (χ4n) is 3.80. The largest absolute Gasteiger partial charge is 0.381 e. The molecule has 0 aliphatic carbocycles. The van der Waals surface area contributed by atoms with Crippen LogP contribution in [0.25, 0.3) is 27.8 Å². The minimum Gasteiger partial charge on any atom is -0.381 e. The van der Waals surface area contributed by atoms with Crippen molar-refractivity contribution in [2.45, 2.75) is 25.8 Å². The molecule has 0 unspecified atom stereocenters. The molecule has 1 aliphatic heterocycles. The molecular formula is C20H22N6O. The first-order valence-corrected chi connectivity index (χ1v) is 9.32. The minimum absolute atomic E-state index is 0.407. The van der Waals surface area contributed by atoms with Crippen LogP contribution in [0.5, 0.6) is 0 Å². The van der Waals surface area contributed by atoms with Crippen molar-refractivity contribution in [1.82, 2.24) is 24.4 Å². The molecule has 1 aliphatic rings. The first-order chi connectivity index (χ1) is 13.2. The highest BCUT2D eigenvalue weighted by atomic mass is 16.5. The molecule has 1 N–H and O–H groups in total. The average molecular weight is 362 g/mol. The second kappa shape index (κ2) is 6.35. The second-order valence-corrected chi connectivity index (χ2v) is 7.10. The first kappa shape index (κ1) is 16.3. The van der Waals surface area contributed by atoms with E-state index in [9.17, 15) is 0 Å². The summed E-state index contributed by atoms with van der Waals surface area (Å²) in [7, 11) is 1.97. The third-order valence-corrected chi connectivity index (χ3v) is 5.27. The van der Waals surface area contributed by atoms with E-state index in [4.69, 9.17) is 9.84 Å². The van der Waals surface area contributed by atoms with Crippen LogP contribution in [0, 0.1) is 6.92 Å². The van der Waals surface area contributed by atoms with Gasteiger partial charge in [0.15, 0.2) is 5.65 Å². The summed E-state index contributed by atoms with van der Waals surface area (Å²) in [5.74, 6) is 0.868. The number of rotatable bonds is 3. The lowest BCUT2D eigenvalue weighted by Gasteiger charge is -2.23. The van der Waals surface area contributed by atoms with Crippen LogP contribution < -0.4 is 5.32 Å². The average Bonchev–Trinajstić information content (AvgIpc) is 3.23. The van der Waals surface area contributed by atoms with Crippen molar-refractivity contribution in [3.63, 3.8) is 0 Å². The molecule has 3 aromatic heterocycles. The van der Waals surface area contributed by atoms with E-state index in [1.54, 1.807) is 0 Å². The van der Waals surface area contributed by atoms with Gasteiger partial charge in [-0.15, -0.1) is 5.10 Å². The molecule has 4 heterocycles. The summed E-state index contributed by atoms with van der Waals surface area (Å²) in [6.07, 6.45) is 3.90. The Hall–Kier alpha value is -2.93. The summed E-state index contributed by atoms with van der Waals surface area (Å²) in [5.41, 5.74) is 5.05. The van der Waals surface area contributed by atoms with Crippen LogP contribution in [0.15, 0.2) is 36.5 Å². The third-order valence-electron chi connectivity index (χ3n) is 5.27. The Balaban J connectivity index is 1.54. The molecule has 1 saturated heterocycles. The number of hydrogen-bond donors (Lipinski definition) is 1. The van der Waals surface area contributed by atoms with Crippen molar-refractivity contribution in [2.75, 3.05) is 18.5 Å². The van der Waals surface area contributed by atoms with Gasteiger partial charge >= 0.3 is 0 Å². The van der Waals surface area contributed by atoms with Crippen molar-refractivity contribution in [3.05, 3.63) is 42.2 Å². The molecule has 4 aromatic rings. The molecule has 0 atom stereocenters. The van der Waals surface area contributed by atoms with Crippen LogP contribution in [0.3, 0.4) is 0 Å². The molecule has 0 amide bonds. The first-order valence-electron chi connectivity index (χ1n) is 9.32. The summed E-state index contributed by atoms with van der Waals surface area (Å²) >= 11 is 0. The zero-order chi connectivity index (χ0) is 18.4. The molecule has 7 nitrogen and oxygen atoms in total. The van der Waals surface area contributed by atoms with Gasteiger partial charge in [-0.25, -0.2) is 9.50 Å². The Labute approximate surface area is 157 Å². The highest BCUT2D eigenvalue weighted by molar-refractivity contribution is 5.86. The molecule has 0 saturated carbocycles. The molecule has 0 radical (unpaired) electrons. The van der Waals surface area contributed by atoms with Crippen LogP contribution in [0.2, 0.25) is 0 Å². The van der Waals surface area contributed by atoms with Crippen LogP contribution >= 0.6 is 0 Å². The van der Waals surface area contributed by atoms with Gasteiger partial charge in [0.05, 0.1) is 23.1 Å². The normalized spacial score (nSPS) is 15.6. The highest BCUT2D eigenvalue weighted by Crippen LogP contribution is 2.27. The van der Waals surface area contributed by atoms with Crippen LogP contribution in [-0.2, 0) is 11.8 Å². The zero-order valence-corrected chi connectivity index (χ0v) is 15.5. The number of ether oxygens (including phenoxy) is 1. The third kappa shape index (κ3) is 2.84. The van der Waals surface area contributed by atoms with Gasteiger partial charge in [-0.3, -0.25) is 4.68 Å². The quantitative estimate of drug-likeness (QED) is 0.606. The lowest BCUT2D eigenvalue weighted by Crippen LogP contribution is -2.28. The van der Waals surface area contributed by atoms with E-state index in [0.717, 1.165) is 65.4 Å². The molecular weight excluding hydrogens is 340 g/mol. The maximum atomic E-state index is 5.44. The van der Waals surface area contributed by atoms with Gasteiger partial charge < -0.3 is 10.1 Å². The number of aromatic nitrogens is 5. The Morgan fingerprint density at radius 1 is 1.11 bits per heavy atom. The smallest absolute Gasteiger partial charge is 0.154 e. The Kier molecular flexibility index (Phi) is 3.82. The van der Waals surface area contributed by atoms with Gasteiger partial charge in [0.2, 0.25) is 0 Å². The lowest BCUT2D eigenvalue weighted by atomic mass is 10.1. The number of aryl methyl sites for hydroxylation is 2. The van der Waals surface area contributed by atoms with Gasteiger partial charge in [0, 0.05) is 37.3 Å². The van der Waals surface area contributed by atoms with E-state index in [1.807, 2.05) is 41.5 Å². The Bertz CT molecular complexity index is 1120. The number of benzene rings is 1. The van der Waals surface area contributed by atoms with E-state index >= 15 is 0 Å². The van der Waals surface area contributed by atoms with Gasteiger partial charge in [0.25, 0.3) is 0 Å². The minimum atomic E-state index is 0.407. The molecule has 0 spiro atoms. The predicted molar refractivity (Wildman–Crippen MR) is 105 cm³/mol. The van der Waals surface area contributed by atoms with Crippen molar-refractivity contribution in [1.29, 1.82) is 0 Å². The van der Waals surface area contributed by atoms with Crippen molar-refractivity contribution in [2.24, 2.45) is 7.05 Å². The molecule has 7 heteroatoms. The van der Waals surface area contributed by atoms with Gasteiger partial charge in [-0.2, -0.15) is 5.10 Å². The van der Waals surface area contributed by atoms with Gasteiger partial charge in [-0.05, 0) is 44.0 Å². The number of anilines is 1. The van der Waals surface area contributed by atoms with Crippen LogP contribution in [-0.4, -0.2) is 43.6 Å². The van der Waals surface area contributed by atoms with E-state index in [0.29, 0.717) is 6.04 Å². The number of nitrogens with zero attached hydrogens (tertiary/aromatic N) is 5. The predicted octanol–water partition coefficient (Wildman–Crippen LogP) is 3.18. The monoisotopic (exact) mass is 362 g/mol. The highest BCUT2D eigenvalue weighted by Gasteiger charge is 2.15. The molecule has 5 rings (SSSR count). The fourth-order valence-corrected chi connectivity index (χ4v) is 3.80. The number of imidazole rings is 1. The molecule has 0 bridgehead atoms. The van der Waals surface area contributed by atoms with E-state index < -0.39 is 0 Å². The standard InChI is InChI=1S/C20H22N6O/c1-13-16-11-14(3-4-17(16)25(2)23-13)18-12-21-20-6-5-19(24-26(18)20)22-15-7-9-27-10-8-15/h3-6,11-12,15H,7-10H2,1-2H3,(H,22,24). The zero-order valence-electron chi connectivity index (χ0n) is 15.5. The summed E-state index contributed by atoms with van der Waals surface area (Å²) in [4.78, 5) is 4.52. The second-order valence-electron chi connectivity index (χ2n) is 7.10. The molecule has 27 heavy (non-hydrogen) atoms.